The third kappa shape index (κ3) is 5.43. The molecule has 1 aromatic carbocycles. The molecule has 46 heavy (non-hydrogen) atoms. The van der Waals surface area contributed by atoms with Gasteiger partial charge in [-0.15, -0.1) is 0 Å². The van der Waals surface area contributed by atoms with Crippen molar-refractivity contribution in [1.82, 2.24) is 14.5 Å². The number of carbonyl (C=O) groups excluding carboxylic acids is 1. The summed E-state index contributed by atoms with van der Waals surface area (Å²) in [5.41, 5.74) is -0.174. The first-order valence-corrected chi connectivity index (χ1v) is 15.9. The summed E-state index contributed by atoms with van der Waals surface area (Å²) in [6.45, 7) is 12.1. The van der Waals surface area contributed by atoms with E-state index in [-0.39, 0.29) is 73.6 Å². The zero-order chi connectivity index (χ0) is 33.8. The number of carbonyl (C=O) groups is 1. The minimum absolute atomic E-state index is 0.0688. The average Bonchev–Trinajstić information content (AvgIpc) is 3.02. The second-order valence-electron chi connectivity index (χ2n) is 11.6. The maximum atomic E-state index is 15.0. The summed E-state index contributed by atoms with van der Waals surface area (Å²) in [4.78, 5) is 39.9. The van der Waals surface area contributed by atoms with Crippen LogP contribution in [0, 0.1) is 29.0 Å². The molecule has 2 aromatic heterocycles. The number of piperazine rings is 1. The van der Waals surface area contributed by atoms with E-state index in [1.807, 2.05) is 38.7 Å². The Hall–Kier alpha value is -3.62. The minimum Gasteiger partial charge on any atom is -0.504 e. The number of anilines is 1. The molecule has 1 N–H and O–H groups in total. The molecule has 5 rings (SSSR count). The molecule has 3 aromatic rings. The van der Waals surface area contributed by atoms with Crippen molar-refractivity contribution < 1.29 is 14.3 Å². The summed E-state index contributed by atoms with van der Waals surface area (Å²) in [5.74, 6) is -2.71. The molecule has 1 amide bonds. The van der Waals surface area contributed by atoms with Gasteiger partial charge >= 0.3 is 0 Å². The Kier molecular flexibility index (Phi) is 9.45. The highest BCUT2D eigenvalue weighted by molar-refractivity contribution is 6.49. The van der Waals surface area contributed by atoms with E-state index in [1.54, 1.807) is 11.1 Å². The lowest BCUT2D eigenvalue weighted by Gasteiger charge is -2.41. The first-order valence-electron chi connectivity index (χ1n) is 14.4. The first-order chi connectivity index (χ1) is 21.7. The number of aromatic hydroxyl groups is 1. The molecule has 9 nitrogen and oxygen atoms in total. The number of allylic oxidation sites excluding steroid dienone is 1. The maximum Gasteiger partial charge on any atom is 0.272 e. The number of aromatic nitrogens is 2. The SMILES string of the molecule is C=CC(=O)N1CCN(c2c(C#N)c(=O)n(C3C(C(C)C)=NC=CC3C)c3nc(-c4c(O)c(F)c(Cl)c(Cl)c4Cl)c(Cl)cc23)C[C@H]1C. The number of hydrogen-bond acceptors (Lipinski definition) is 7. The number of hydrogen-bond donors (Lipinski definition) is 1. The van der Waals surface area contributed by atoms with Gasteiger partial charge in [0.25, 0.3) is 5.56 Å². The van der Waals surface area contributed by atoms with Crippen molar-refractivity contribution in [2.24, 2.45) is 16.8 Å². The standard InChI is InChI=1S/C32H29Cl4FN6O3/c1-6-20(44)42-10-9-41(13-16(42)5)29-17-11-19(33)27(21-22(34)23(35)24(36)25(37)30(21)45)40-31(17)43(32(46)18(29)12-38)28-15(4)7-8-39-26(28)14(2)3/h6-8,11,14-16,28,45H,1,9-10,13H2,2-5H3/t15?,16-,28?/m1/s1. The number of phenolic OH excluding ortho intramolecular Hbond substituents is 1. The number of phenols is 1. The number of rotatable bonds is 5. The maximum absolute atomic E-state index is 15.0. The van der Waals surface area contributed by atoms with Crippen LogP contribution < -0.4 is 10.5 Å². The van der Waals surface area contributed by atoms with Gasteiger partial charge in [0.2, 0.25) is 5.91 Å². The summed E-state index contributed by atoms with van der Waals surface area (Å²) >= 11 is 25.5. The largest absolute Gasteiger partial charge is 0.504 e. The predicted molar refractivity (Wildman–Crippen MR) is 181 cm³/mol. The summed E-state index contributed by atoms with van der Waals surface area (Å²) in [6, 6.07) is 2.67. The van der Waals surface area contributed by atoms with Crippen molar-refractivity contribution >= 4 is 74.7 Å². The molecule has 240 valence electrons. The molecule has 2 aliphatic heterocycles. The van der Waals surface area contributed by atoms with Crippen LogP contribution in [0.5, 0.6) is 5.75 Å². The Morgan fingerprint density at radius 3 is 2.50 bits per heavy atom. The number of nitrogens with zero attached hydrogens (tertiary/aromatic N) is 6. The van der Waals surface area contributed by atoms with Crippen molar-refractivity contribution in [1.29, 1.82) is 5.26 Å². The van der Waals surface area contributed by atoms with Crippen molar-refractivity contribution in [3.8, 4) is 23.1 Å². The van der Waals surface area contributed by atoms with E-state index in [4.69, 9.17) is 51.4 Å². The molecule has 0 saturated carbocycles. The van der Waals surface area contributed by atoms with Crippen molar-refractivity contribution in [3.63, 3.8) is 0 Å². The Bertz CT molecular complexity index is 1940. The summed E-state index contributed by atoms with van der Waals surface area (Å²) < 4.78 is 16.4. The smallest absolute Gasteiger partial charge is 0.272 e. The van der Waals surface area contributed by atoms with Gasteiger partial charge in [-0.1, -0.05) is 79.8 Å². The summed E-state index contributed by atoms with van der Waals surface area (Å²) in [6.07, 6.45) is 4.77. The third-order valence-electron chi connectivity index (χ3n) is 8.39. The Morgan fingerprint density at radius 1 is 1.20 bits per heavy atom. The van der Waals surface area contributed by atoms with Crippen LogP contribution in [0.2, 0.25) is 20.1 Å². The van der Waals surface area contributed by atoms with Gasteiger partial charge in [-0.25, -0.2) is 9.37 Å². The fourth-order valence-electron chi connectivity index (χ4n) is 6.17. The number of nitriles is 1. The van der Waals surface area contributed by atoms with Crippen LogP contribution in [0.1, 0.15) is 39.3 Å². The fraction of sp³-hybridized carbons (Fsp3) is 0.344. The van der Waals surface area contributed by atoms with Gasteiger partial charge in [0, 0.05) is 48.9 Å². The van der Waals surface area contributed by atoms with E-state index in [1.165, 1.54) is 16.7 Å². The Balaban J connectivity index is 1.89. The zero-order valence-electron chi connectivity index (χ0n) is 25.3. The monoisotopic (exact) mass is 704 g/mol. The van der Waals surface area contributed by atoms with E-state index in [9.17, 15) is 24.3 Å². The Labute approximate surface area is 284 Å². The van der Waals surface area contributed by atoms with E-state index in [0.717, 1.165) is 0 Å². The van der Waals surface area contributed by atoms with Crippen LogP contribution in [0.4, 0.5) is 10.1 Å². The van der Waals surface area contributed by atoms with E-state index in [2.05, 4.69) is 17.6 Å². The highest BCUT2D eigenvalue weighted by Gasteiger charge is 2.36. The number of amides is 1. The van der Waals surface area contributed by atoms with Gasteiger partial charge in [-0.3, -0.25) is 19.1 Å². The number of aliphatic imine (C=N–C) groups is 1. The minimum atomic E-state index is -1.22. The number of pyridine rings is 2. The van der Waals surface area contributed by atoms with Gasteiger partial charge in [-0.05, 0) is 25.0 Å². The molecule has 14 heteroatoms. The van der Waals surface area contributed by atoms with Crippen LogP contribution in [-0.4, -0.2) is 56.9 Å². The number of halogens is 5. The van der Waals surface area contributed by atoms with Gasteiger partial charge in [0.15, 0.2) is 11.6 Å². The lowest BCUT2D eigenvalue weighted by atomic mass is 9.88. The van der Waals surface area contributed by atoms with Crippen molar-refractivity contribution in [2.75, 3.05) is 24.5 Å². The summed E-state index contributed by atoms with van der Waals surface area (Å²) in [5, 5.41) is 20.4. The molecule has 0 spiro atoms. The van der Waals surface area contributed by atoms with Gasteiger partial charge < -0.3 is 14.9 Å². The van der Waals surface area contributed by atoms with Crippen LogP contribution in [0.25, 0.3) is 22.3 Å². The van der Waals surface area contributed by atoms with Crippen LogP contribution >= 0.6 is 46.4 Å². The number of benzene rings is 1. The highest BCUT2D eigenvalue weighted by atomic mass is 35.5. The van der Waals surface area contributed by atoms with E-state index < -0.39 is 28.2 Å². The summed E-state index contributed by atoms with van der Waals surface area (Å²) in [7, 11) is 0. The van der Waals surface area contributed by atoms with Gasteiger partial charge in [0.05, 0.1) is 38.1 Å². The molecule has 3 atom stereocenters. The predicted octanol–water partition coefficient (Wildman–Crippen LogP) is 7.42. The second kappa shape index (κ2) is 12.9. The lowest BCUT2D eigenvalue weighted by molar-refractivity contribution is -0.128. The van der Waals surface area contributed by atoms with Crippen LogP contribution in [-0.2, 0) is 4.79 Å². The van der Waals surface area contributed by atoms with Crippen LogP contribution in [0.15, 0.2) is 40.8 Å². The van der Waals surface area contributed by atoms with E-state index in [0.29, 0.717) is 24.2 Å². The molecule has 2 unspecified atom stereocenters. The molecular weight excluding hydrogens is 677 g/mol. The zero-order valence-corrected chi connectivity index (χ0v) is 28.3. The van der Waals surface area contributed by atoms with Gasteiger partial charge in [-0.2, -0.15) is 5.26 Å². The molecule has 0 radical (unpaired) electrons. The topological polar surface area (TPSA) is 115 Å². The molecular formula is C32H29Cl4FN6O3. The molecule has 1 fully saturated rings. The van der Waals surface area contributed by atoms with Gasteiger partial charge in [0.1, 0.15) is 22.3 Å². The lowest BCUT2D eigenvalue weighted by Crippen LogP contribution is -2.54. The van der Waals surface area contributed by atoms with Crippen LogP contribution in [0.3, 0.4) is 0 Å². The Morgan fingerprint density at radius 2 is 1.89 bits per heavy atom. The molecule has 4 heterocycles. The number of fused-ring (bicyclic) bond motifs is 1. The van der Waals surface area contributed by atoms with E-state index >= 15 is 0 Å². The third-order valence-corrected chi connectivity index (χ3v) is 9.98. The molecule has 0 bridgehead atoms. The normalized spacial score (nSPS) is 19.8. The average molecular weight is 706 g/mol. The first kappa shape index (κ1) is 33.7. The molecule has 0 aliphatic carbocycles. The fourth-order valence-corrected chi connectivity index (χ4v) is 7.10. The highest BCUT2D eigenvalue weighted by Crippen LogP contribution is 2.48. The molecule has 2 aliphatic rings. The van der Waals surface area contributed by atoms with Crippen molar-refractivity contribution in [2.45, 2.75) is 39.8 Å². The molecule has 1 saturated heterocycles. The van der Waals surface area contributed by atoms with Crippen molar-refractivity contribution in [3.05, 3.63) is 72.8 Å². The quantitative estimate of drug-likeness (QED) is 0.168. The second-order valence-corrected chi connectivity index (χ2v) is 13.1.